The van der Waals surface area contributed by atoms with Crippen molar-refractivity contribution in [3.8, 4) is 0 Å². The highest BCUT2D eigenvalue weighted by Crippen LogP contribution is 2.22. The van der Waals surface area contributed by atoms with E-state index in [-0.39, 0.29) is 0 Å². The Bertz CT molecular complexity index is 122. The van der Waals surface area contributed by atoms with Crippen LogP contribution in [0, 0.1) is 0 Å². The van der Waals surface area contributed by atoms with Crippen LogP contribution >= 0.6 is 11.8 Å². The minimum atomic E-state index is 0.706. The minimum absolute atomic E-state index is 0.706. The molecule has 0 amide bonds. The Hall–Kier alpha value is -0.110. The zero-order valence-electron chi connectivity index (χ0n) is 6.52. The monoisotopic (exact) mass is 157 g/mol. The molecule has 1 aliphatic rings. The Balaban J connectivity index is 2.12. The van der Waals surface area contributed by atoms with Crippen molar-refractivity contribution < 1.29 is 0 Å². The maximum Gasteiger partial charge on any atom is 0.0611 e. The molecule has 0 aromatic heterocycles. The molecule has 0 radical (unpaired) electrons. The van der Waals surface area contributed by atoms with Crippen molar-refractivity contribution in [2.24, 2.45) is 0 Å². The highest BCUT2D eigenvalue weighted by molar-refractivity contribution is 8.03. The van der Waals surface area contributed by atoms with Crippen molar-refractivity contribution in [2.45, 2.75) is 32.2 Å². The van der Waals surface area contributed by atoms with Crippen LogP contribution in [0.2, 0.25) is 0 Å². The average Bonchev–Trinajstić information content (AvgIpc) is 2.31. The number of nitrogens with one attached hydrogen (secondary N) is 1. The molecule has 1 unspecified atom stereocenters. The van der Waals surface area contributed by atoms with Gasteiger partial charge < -0.3 is 5.32 Å². The van der Waals surface area contributed by atoms with Crippen LogP contribution in [0.1, 0.15) is 26.2 Å². The number of thioether (sulfide) groups is 1. The first kappa shape index (κ1) is 7.99. The molecule has 1 fully saturated rings. The molecule has 0 saturated carbocycles. The van der Waals surface area contributed by atoms with Gasteiger partial charge in [0, 0.05) is 11.8 Å². The molecule has 0 aliphatic carbocycles. The molecule has 0 aromatic carbocycles. The van der Waals surface area contributed by atoms with Crippen LogP contribution in [0.3, 0.4) is 0 Å². The van der Waals surface area contributed by atoms with E-state index in [2.05, 4.69) is 18.8 Å². The summed E-state index contributed by atoms with van der Waals surface area (Å²) in [6.07, 6.45) is 3.95. The summed E-state index contributed by atoms with van der Waals surface area (Å²) in [7, 11) is 0. The molecule has 2 heteroatoms. The molecule has 0 spiro atoms. The Morgan fingerprint density at radius 2 is 2.60 bits per heavy atom. The van der Waals surface area contributed by atoms with E-state index < -0.39 is 0 Å². The van der Waals surface area contributed by atoms with Gasteiger partial charge in [0.05, 0.1) is 5.03 Å². The second kappa shape index (κ2) is 3.91. The van der Waals surface area contributed by atoms with Crippen molar-refractivity contribution >= 4 is 11.8 Å². The van der Waals surface area contributed by atoms with Crippen molar-refractivity contribution in [3.05, 3.63) is 11.6 Å². The Kier molecular flexibility index (Phi) is 3.13. The molecule has 58 valence electrons. The van der Waals surface area contributed by atoms with Gasteiger partial charge in [-0.2, -0.15) is 0 Å². The lowest BCUT2D eigenvalue weighted by Crippen LogP contribution is -2.21. The highest BCUT2D eigenvalue weighted by atomic mass is 32.2. The van der Waals surface area contributed by atoms with Gasteiger partial charge in [-0.25, -0.2) is 0 Å². The summed E-state index contributed by atoms with van der Waals surface area (Å²) >= 11 is 1.85. The summed E-state index contributed by atoms with van der Waals surface area (Å²) in [5, 5.41) is 4.51. The summed E-state index contributed by atoms with van der Waals surface area (Å²) < 4.78 is 0. The lowest BCUT2D eigenvalue weighted by atomic mass is 10.1. The fraction of sp³-hybridized carbons (Fsp3) is 0.750. The zero-order valence-corrected chi connectivity index (χ0v) is 7.34. The molecular formula is C8H15NS. The molecule has 1 heterocycles. The predicted octanol–water partition coefficient (Wildman–Crippen LogP) is 2.35. The normalized spacial score (nSPS) is 24.9. The summed E-state index contributed by atoms with van der Waals surface area (Å²) in [4.78, 5) is 0. The van der Waals surface area contributed by atoms with E-state index in [1.807, 2.05) is 11.8 Å². The molecule has 0 bridgehead atoms. The van der Waals surface area contributed by atoms with Gasteiger partial charge in [0.25, 0.3) is 0 Å². The van der Waals surface area contributed by atoms with E-state index in [1.165, 1.54) is 25.0 Å². The Morgan fingerprint density at radius 3 is 3.10 bits per heavy atom. The smallest absolute Gasteiger partial charge is 0.0611 e. The summed E-state index contributed by atoms with van der Waals surface area (Å²) in [5.74, 6) is 1.22. The van der Waals surface area contributed by atoms with Crippen LogP contribution in [0.4, 0.5) is 0 Å². The molecular weight excluding hydrogens is 142 g/mol. The average molecular weight is 157 g/mol. The van der Waals surface area contributed by atoms with E-state index in [9.17, 15) is 0 Å². The van der Waals surface area contributed by atoms with E-state index >= 15 is 0 Å². The van der Waals surface area contributed by atoms with Crippen LogP contribution in [0.25, 0.3) is 0 Å². The summed E-state index contributed by atoms with van der Waals surface area (Å²) in [5.41, 5.74) is 0. The largest absolute Gasteiger partial charge is 0.377 e. The molecule has 1 nitrogen and oxygen atoms in total. The van der Waals surface area contributed by atoms with Gasteiger partial charge in [0.15, 0.2) is 0 Å². The van der Waals surface area contributed by atoms with Gasteiger partial charge >= 0.3 is 0 Å². The Morgan fingerprint density at radius 1 is 1.80 bits per heavy atom. The number of hydrogen-bond acceptors (Lipinski definition) is 2. The zero-order chi connectivity index (χ0) is 7.40. The second-order valence-electron chi connectivity index (χ2n) is 2.72. The standard InChI is InChI=1S/C8H15NS/c1-3-4-5-8-6-10-7(2)9-8/h8-9H,2-6H2,1H3. The van der Waals surface area contributed by atoms with Crippen LogP contribution in [-0.2, 0) is 0 Å². The second-order valence-corrected chi connectivity index (χ2v) is 3.83. The third kappa shape index (κ3) is 2.25. The number of unbranched alkanes of at least 4 members (excludes halogenated alkanes) is 1. The van der Waals surface area contributed by atoms with Crippen molar-refractivity contribution in [1.29, 1.82) is 0 Å². The molecule has 1 saturated heterocycles. The van der Waals surface area contributed by atoms with Gasteiger partial charge in [-0.3, -0.25) is 0 Å². The van der Waals surface area contributed by atoms with Gasteiger partial charge in [-0.15, -0.1) is 11.8 Å². The number of rotatable bonds is 3. The van der Waals surface area contributed by atoms with Crippen LogP contribution < -0.4 is 5.32 Å². The third-order valence-corrected chi connectivity index (χ3v) is 2.77. The first-order valence-corrected chi connectivity index (χ1v) is 4.89. The SMILES string of the molecule is C=C1NC(CCCC)CS1. The summed E-state index contributed by atoms with van der Waals surface area (Å²) in [6.45, 7) is 6.10. The lowest BCUT2D eigenvalue weighted by molar-refractivity contribution is 0.571. The maximum absolute atomic E-state index is 3.86. The third-order valence-electron chi connectivity index (χ3n) is 1.73. The molecule has 0 aromatic rings. The van der Waals surface area contributed by atoms with Crippen LogP contribution in [0.15, 0.2) is 11.6 Å². The predicted molar refractivity (Wildman–Crippen MR) is 48.0 cm³/mol. The molecule has 10 heavy (non-hydrogen) atoms. The van der Waals surface area contributed by atoms with E-state index in [0.29, 0.717) is 6.04 Å². The molecule has 1 aliphatic heterocycles. The first-order chi connectivity index (χ1) is 4.83. The van der Waals surface area contributed by atoms with Gasteiger partial charge in [-0.05, 0) is 6.42 Å². The van der Waals surface area contributed by atoms with E-state index in [0.717, 1.165) is 5.03 Å². The quantitative estimate of drug-likeness (QED) is 0.675. The van der Waals surface area contributed by atoms with Crippen molar-refractivity contribution in [3.63, 3.8) is 0 Å². The van der Waals surface area contributed by atoms with Crippen LogP contribution in [-0.4, -0.2) is 11.8 Å². The molecule has 1 atom stereocenters. The number of hydrogen-bond donors (Lipinski definition) is 1. The van der Waals surface area contributed by atoms with Crippen molar-refractivity contribution in [2.75, 3.05) is 5.75 Å². The minimum Gasteiger partial charge on any atom is -0.377 e. The van der Waals surface area contributed by atoms with Gasteiger partial charge in [0.2, 0.25) is 0 Å². The summed E-state index contributed by atoms with van der Waals surface area (Å²) in [6, 6.07) is 0.706. The maximum atomic E-state index is 3.86. The fourth-order valence-electron chi connectivity index (χ4n) is 1.12. The van der Waals surface area contributed by atoms with E-state index in [4.69, 9.17) is 0 Å². The van der Waals surface area contributed by atoms with Crippen LogP contribution in [0.5, 0.6) is 0 Å². The fourth-order valence-corrected chi connectivity index (χ4v) is 2.02. The Labute approximate surface area is 67.3 Å². The molecule has 1 N–H and O–H groups in total. The van der Waals surface area contributed by atoms with Gasteiger partial charge in [0.1, 0.15) is 0 Å². The highest BCUT2D eigenvalue weighted by Gasteiger charge is 2.15. The molecule has 1 rings (SSSR count). The topological polar surface area (TPSA) is 12.0 Å². The van der Waals surface area contributed by atoms with Gasteiger partial charge in [-0.1, -0.05) is 26.3 Å². The lowest BCUT2D eigenvalue weighted by Gasteiger charge is -2.07. The van der Waals surface area contributed by atoms with E-state index in [1.54, 1.807) is 0 Å². The van der Waals surface area contributed by atoms with Crippen molar-refractivity contribution in [1.82, 2.24) is 5.32 Å². The first-order valence-electron chi connectivity index (χ1n) is 3.91.